The molecule has 2 rings (SSSR count). The van der Waals surface area contributed by atoms with Crippen LogP contribution in [0, 0.1) is 0 Å². The van der Waals surface area contributed by atoms with Crippen molar-refractivity contribution in [2.75, 3.05) is 37.5 Å². The second-order valence-electron chi connectivity index (χ2n) is 4.97. The van der Waals surface area contributed by atoms with Gasteiger partial charge in [-0.15, -0.1) is 0 Å². The molecule has 1 heterocycles. The molecule has 0 saturated carbocycles. The molecule has 1 aromatic heterocycles. The molecule has 0 bridgehead atoms. The van der Waals surface area contributed by atoms with E-state index in [-0.39, 0.29) is 5.91 Å². The topological polar surface area (TPSA) is 76.6 Å². The zero-order chi connectivity index (χ0) is 17.5. The van der Waals surface area contributed by atoms with E-state index in [1.165, 1.54) is 12.4 Å². The first kappa shape index (κ1) is 17.5. The fourth-order valence-corrected chi connectivity index (χ4v) is 2.23. The predicted molar refractivity (Wildman–Crippen MR) is 93.1 cm³/mol. The van der Waals surface area contributed by atoms with Gasteiger partial charge in [0.2, 0.25) is 5.95 Å². The van der Waals surface area contributed by atoms with E-state index in [9.17, 15) is 4.79 Å². The van der Waals surface area contributed by atoms with Crippen LogP contribution in [0.2, 0.25) is 0 Å². The number of amides is 1. The molecular weight excluding hydrogens is 308 g/mol. The number of aromatic nitrogens is 2. The third-order valence-corrected chi connectivity index (χ3v) is 3.59. The molecule has 0 unspecified atom stereocenters. The largest absolute Gasteiger partial charge is 0.493 e. The first-order chi connectivity index (χ1) is 11.6. The summed E-state index contributed by atoms with van der Waals surface area (Å²) in [6.07, 6.45) is 3.05. The van der Waals surface area contributed by atoms with E-state index in [0.29, 0.717) is 28.7 Å². The van der Waals surface area contributed by atoms with Crippen molar-refractivity contribution in [3.05, 3.63) is 36.2 Å². The Morgan fingerprint density at radius 3 is 2.25 bits per heavy atom. The van der Waals surface area contributed by atoms with Gasteiger partial charge in [-0.05, 0) is 26.0 Å². The Hall–Kier alpha value is -2.83. The molecule has 128 valence electrons. The minimum absolute atomic E-state index is 0.284. The van der Waals surface area contributed by atoms with E-state index in [2.05, 4.69) is 15.3 Å². The summed E-state index contributed by atoms with van der Waals surface area (Å²) in [5.74, 6) is 1.47. The van der Waals surface area contributed by atoms with Crippen molar-refractivity contribution in [1.29, 1.82) is 0 Å². The molecule has 0 spiro atoms. The molecule has 1 amide bonds. The number of anilines is 2. The molecule has 7 heteroatoms. The van der Waals surface area contributed by atoms with Crippen LogP contribution in [0.3, 0.4) is 0 Å². The average Bonchev–Trinajstić information content (AvgIpc) is 2.63. The maximum atomic E-state index is 12.3. The monoisotopic (exact) mass is 330 g/mol. The molecule has 0 aliphatic rings. The van der Waals surface area contributed by atoms with E-state index in [1.54, 1.807) is 32.4 Å². The van der Waals surface area contributed by atoms with Gasteiger partial charge in [0.1, 0.15) is 0 Å². The van der Waals surface area contributed by atoms with Crippen LogP contribution in [0.25, 0.3) is 0 Å². The predicted octanol–water partition coefficient (Wildman–Crippen LogP) is 2.59. The van der Waals surface area contributed by atoms with Crippen LogP contribution in [0.15, 0.2) is 30.6 Å². The lowest BCUT2D eigenvalue weighted by Crippen LogP contribution is -2.24. The Bertz CT molecular complexity index is 685. The zero-order valence-electron chi connectivity index (χ0n) is 14.4. The number of carbonyl (C=O) groups is 1. The van der Waals surface area contributed by atoms with E-state index < -0.39 is 0 Å². The number of benzene rings is 1. The second-order valence-corrected chi connectivity index (χ2v) is 4.97. The molecule has 2 aromatic rings. The highest BCUT2D eigenvalue weighted by molar-refractivity contribution is 6.04. The van der Waals surface area contributed by atoms with Gasteiger partial charge in [-0.25, -0.2) is 9.97 Å². The third-order valence-electron chi connectivity index (χ3n) is 3.59. The van der Waals surface area contributed by atoms with Gasteiger partial charge in [-0.3, -0.25) is 4.79 Å². The number of nitrogens with one attached hydrogen (secondary N) is 1. The molecular formula is C17H22N4O3. The van der Waals surface area contributed by atoms with Gasteiger partial charge in [0.05, 0.1) is 19.8 Å². The second kappa shape index (κ2) is 8.14. The van der Waals surface area contributed by atoms with Crippen molar-refractivity contribution in [3.8, 4) is 11.5 Å². The summed E-state index contributed by atoms with van der Waals surface area (Å²) in [5, 5.41) is 2.79. The number of hydrogen-bond donors (Lipinski definition) is 1. The number of hydrogen-bond acceptors (Lipinski definition) is 6. The summed E-state index contributed by atoms with van der Waals surface area (Å²) >= 11 is 0. The summed E-state index contributed by atoms with van der Waals surface area (Å²) in [4.78, 5) is 22.8. The Morgan fingerprint density at radius 2 is 1.71 bits per heavy atom. The normalized spacial score (nSPS) is 10.2. The maximum Gasteiger partial charge on any atom is 0.258 e. The summed E-state index contributed by atoms with van der Waals surface area (Å²) < 4.78 is 10.4. The highest BCUT2D eigenvalue weighted by Gasteiger charge is 2.11. The van der Waals surface area contributed by atoms with E-state index in [1.807, 2.05) is 18.7 Å². The lowest BCUT2D eigenvalue weighted by Gasteiger charge is -2.18. The van der Waals surface area contributed by atoms with Gasteiger partial charge < -0.3 is 19.7 Å². The van der Waals surface area contributed by atoms with Crippen LogP contribution in [0.5, 0.6) is 11.5 Å². The van der Waals surface area contributed by atoms with Crippen LogP contribution >= 0.6 is 0 Å². The summed E-state index contributed by atoms with van der Waals surface area (Å²) in [6, 6.07) is 5.17. The lowest BCUT2D eigenvalue weighted by molar-refractivity contribution is 0.102. The Balaban J connectivity index is 2.12. The molecule has 0 atom stereocenters. The maximum absolute atomic E-state index is 12.3. The first-order valence-electron chi connectivity index (χ1n) is 7.73. The molecule has 1 aromatic carbocycles. The van der Waals surface area contributed by atoms with Gasteiger partial charge in [0, 0.05) is 37.2 Å². The first-order valence-corrected chi connectivity index (χ1v) is 7.73. The summed E-state index contributed by atoms with van der Waals surface area (Å²) in [7, 11) is 3.11. The fraction of sp³-hybridized carbons (Fsp3) is 0.353. The number of rotatable bonds is 7. The highest BCUT2D eigenvalue weighted by atomic mass is 16.5. The van der Waals surface area contributed by atoms with E-state index in [4.69, 9.17) is 9.47 Å². The molecule has 0 aliphatic heterocycles. The Labute approximate surface area is 141 Å². The molecule has 1 N–H and O–H groups in total. The zero-order valence-corrected chi connectivity index (χ0v) is 14.4. The highest BCUT2D eigenvalue weighted by Crippen LogP contribution is 2.29. The van der Waals surface area contributed by atoms with E-state index in [0.717, 1.165) is 13.1 Å². The van der Waals surface area contributed by atoms with Gasteiger partial charge in [-0.1, -0.05) is 0 Å². The minimum atomic E-state index is -0.284. The van der Waals surface area contributed by atoms with Crippen molar-refractivity contribution < 1.29 is 14.3 Å². The van der Waals surface area contributed by atoms with Crippen molar-refractivity contribution in [2.24, 2.45) is 0 Å². The molecule has 0 aliphatic carbocycles. The number of methoxy groups -OCH3 is 2. The van der Waals surface area contributed by atoms with E-state index >= 15 is 0 Å². The quantitative estimate of drug-likeness (QED) is 0.841. The molecule has 0 radical (unpaired) electrons. The van der Waals surface area contributed by atoms with Gasteiger partial charge in [-0.2, -0.15) is 0 Å². The summed E-state index contributed by atoms with van der Waals surface area (Å²) in [6.45, 7) is 5.69. The Kier molecular flexibility index (Phi) is 5.95. The smallest absolute Gasteiger partial charge is 0.258 e. The molecule has 7 nitrogen and oxygen atoms in total. The van der Waals surface area contributed by atoms with Gasteiger partial charge in [0.15, 0.2) is 11.5 Å². The van der Waals surface area contributed by atoms with Crippen molar-refractivity contribution in [3.63, 3.8) is 0 Å². The van der Waals surface area contributed by atoms with Crippen molar-refractivity contribution in [1.82, 2.24) is 9.97 Å². The minimum Gasteiger partial charge on any atom is -0.493 e. The van der Waals surface area contributed by atoms with Gasteiger partial charge >= 0.3 is 0 Å². The van der Waals surface area contributed by atoms with Crippen molar-refractivity contribution >= 4 is 17.5 Å². The van der Waals surface area contributed by atoms with Crippen LogP contribution in [0.4, 0.5) is 11.6 Å². The van der Waals surface area contributed by atoms with Crippen LogP contribution in [0.1, 0.15) is 24.2 Å². The molecule has 0 saturated heterocycles. The number of ether oxygens (including phenoxy) is 2. The fourth-order valence-electron chi connectivity index (χ4n) is 2.23. The SMILES string of the molecule is CCN(CC)c1ncc(C(=O)Nc2ccc(OC)c(OC)c2)cn1. The van der Waals surface area contributed by atoms with Crippen LogP contribution in [-0.4, -0.2) is 43.2 Å². The van der Waals surface area contributed by atoms with Gasteiger partial charge in [0.25, 0.3) is 5.91 Å². The third kappa shape index (κ3) is 3.92. The standard InChI is InChI=1S/C17H22N4O3/c1-5-21(6-2)17-18-10-12(11-19-17)16(22)20-13-7-8-14(23-3)15(9-13)24-4/h7-11H,5-6H2,1-4H3,(H,20,22). The van der Waals surface area contributed by atoms with Crippen LogP contribution < -0.4 is 19.7 Å². The number of nitrogens with zero attached hydrogens (tertiary/aromatic N) is 3. The summed E-state index contributed by atoms with van der Waals surface area (Å²) in [5.41, 5.74) is 0.992. The Morgan fingerprint density at radius 1 is 1.08 bits per heavy atom. The molecule has 24 heavy (non-hydrogen) atoms. The number of carbonyl (C=O) groups excluding carboxylic acids is 1. The van der Waals surface area contributed by atoms with Crippen LogP contribution in [-0.2, 0) is 0 Å². The lowest BCUT2D eigenvalue weighted by atomic mass is 10.2. The molecule has 0 fully saturated rings. The average molecular weight is 330 g/mol. The van der Waals surface area contributed by atoms with Crippen molar-refractivity contribution in [2.45, 2.75) is 13.8 Å².